The van der Waals surface area contributed by atoms with Crippen molar-refractivity contribution >= 4 is 0 Å². The van der Waals surface area contributed by atoms with Crippen molar-refractivity contribution in [3.05, 3.63) is 35.6 Å². The molecule has 1 saturated heterocycles. The van der Waals surface area contributed by atoms with E-state index in [-0.39, 0.29) is 5.82 Å². The molecule has 2 aliphatic rings. The Labute approximate surface area is 121 Å². The number of benzene rings is 1. The fourth-order valence-corrected chi connectivity index (χ4v) is 3.74. The van der Waals surface area contributed by atoms with Crippen LogP contribution in [-0.4, -0.2) is 29.6 Å². The van der Waals surface area contributed by atoms with Crippen molar-refractivity contribution in [2.24, 2.45) is 0 Å². The van der Waals surface area contributed by atoms with Crippen LogP contribution in [0.15, 0.2) is 24.3 Å². The Balaban J connectivity index is 1.70. The van der Waals surface area contributed by atoms with Crippen LogP contribution in [0.5, 0.6) is 0 Å². The molecule has 0 amide bonds. The molecule has 1 heterocycles. The van der Waals surface area contributed by atoms with Crippen LogP contribution in [-0.2, 0) is 6.54 Å². The second-order valence-corrected chi connectivity index (χ2v) is 6.61. The third kappa shape index (κ3) is 3.04. The summed E-state index contributed by atoms with van der Waals surface area (Å²) in [6, 6.07) is 7.56. The van der Waals surface area contributed by atoms with Gasteiger partial charge in [-0.3, -0.25) is 4.90 Å². The van der Waals surface area contributed by atoms with Crippen LogP contribution in [0.25, 0.3) is 0 Å². The van der Waals surface area contributed by atoms with Gasteiger partial charge in [-0.25, -0.2) is 4.39 Å². The topological polar surface area (TPSA) is 15.3 Å². The number of piperazine rings is 1. The Morgan fingerprint density at radius 2 is 2.10 bits per heavy atom. The van der Waals surface area contributed by atoms with E-state index in [1.165, 1.54) is 38.2 Å². The molecule has 0 radical (unpaired) electrons. The normalized spacial score (nSPS) is 26.8. The molecular formula is C17H25FN2. The number of rotatable bonds is 2. The van der Waals surface area contributed by atoms with Crippen LogP contribution < -0.4 is 5.32 Å². The molecule has 3 rings (SSSR count). The quantitative estimate of drug-likeness (QED) is 0.891. The van der Waals surface area contributed by atoms with Gasteiger partial charge in [-0.1, -0.05) is 31.4 Å². The molecule has 0 bridgehead atoms. The van der Waals surface area contributed by atoms with Gasteiger partial charge < -0.3 is 5.32 Å². The van der Waals surface area contributed by atoms with Crippen LogP contribution in [0.2, 0.25) is 0 Å². The highest BCUT2D eigenvalue weighted by Gasteiger charge is 2.38. The lowest BCUT2D eigenvalue weighted by Crippen LogP contribution is -2.63. The summed E-state index contributed by atoms with van der Waals surface area (Å²) in [5, 5.41) is 3.80. The van der Waals surface area contributed by atoms with Crippen molar-refractivity contribution in [2.75, 3.05) is 13.1 Å². The van der Waals surface area contributed by atoms with Gasteiger partial charge in [-0.15, -0.1) is 0 Å². The minimum Gasteiger partial charge on any atom is -0.308 e. The van der Waals surface area contributed by atoms with Crippen LogP contribution in [0.4, 0.5) is 4.39 Å². The molecule has 1 aromatic rings. The second kappa shape index (κ2) is 5.82. The number of halogens is 1. The van der Waals surface area contributed by atoms with E-state index in [1.807, 2.05) is 12.1 Å². The summed E-state index contributed by atoms with van der Waals surface area (Å²) in [5.41, 5.74) is 1.41. The second-order valence-electron chi connectivity index (χ2n) is 6.61. The zero-order chi connectivity index (χ0) is 14.0. The average Bonchev–Trinajstić information content (AvgIpc) is 2.44. The zero-order valence-electron chi connectivity index (χ0n) is 12.4. The van der Waals surface area contributed by atoms with E-state index in [4.69, 9.17) is 0 Å². The largest absolute Gasteiger partial charge is 0.308 e. The van der Waals surface area contributed by atoms with Crippen molar-refractivity contribution in [2.45, 2.75) is 57.2 Å². The monoisotopic (exact) mass is 276 g/mol. The molecule has 1 unspecified atom stereocenters. The highest BCUT2D eigenvalue weighted by molar-refractivity contribution is 5.16. The van der Waals surface area contributed by atoms with Crippen molar-refractivity contribution < 1.29 is 4.39 Å². The van der Waals surface area contributed by atoms with Crippen LogP contribution in [0, 0.1) is 5.82 Å². The van der Waals surface area contributed by atoms with Gasteiger partial charge in [0.2, 0.25) is 0 Å². The molecule has 2 nitrogen and oxygen atoms in total. The number of hydrogen-bond acceptors (Lipinski definition) is 2. The smallest absolute Gasteiger partial charge is 0.123 e. The van der Waals surface area contributed by atoms with E-state index < -0.39 is 0 Å². The summed E-state index contributed by atoms with van der Waals surface area (Å²) in [6.07, 6.45) is 6.64. The Morgan fingerprint density at radius 3 is 2.85 bits per heavy atom. The highest BCUT2D eigenvalue weighted by atomic mass is 19.1. The van der Waals surface area contributed by atoms with Crippen molar-refractivity contribution in [3.8, 4) is 0 Å². The molecule has 1 N–H and O–H groups in total. The average molecular weight is 276 g/mol. The SMILES string of the molecule is CC1CNC2(CCCCC2)CN1Cc1cccc(F)c1. The van der Waals surface area contributed by atoms with Crippen LogP contribution in [0.3, 0.4) is 0 Å². The van der Waals surface area contributed by atoms with Gasteiger partial charge >= 0.3 is 0 Å². The molecule has 1 spiro atoms. The summed E-state index contributed by atoms with van der Waals surface area (Å²) < 4.78 is 13.3. The van der Waals surface area contributed by atoms with Gasteiger partial charge in [-0.2, -0.15) is 0 Å². The third-order valence-corrected chi connectivity index (χ3v) is 4.99. The fourth-order valence-electron chi connectivity index (χ4n) is 3.74. The number of nitrogens with zero attached hydrogens (tertiary/aromatic N) is 1. The molecule has 0 aromatic heterocycles. The third-order valence-electron chi connectivity index (χ3n) is 4.99. The van der Waals surface area contributed by atoms with Gasteiger partial charge in [0.15, 0.2) is 0 Å². The molecule has 3 heteroatoms. The predicted molar refractivity (Wildman–Crippen MR) is 80.1 cm³/mol. The summed E-state index contributed by atoms with van der Waals surface area (Å²) in [5.74, 6) is -0.127. The van der Waals surface area contributed by atoms with Crippen molar-refractivity contribution in [1.82, 2.24) is 10.2 Å². The number of hydrogen-bond donors (Lipinski definition) is 1. The minimum atomic E-state index is -0.127. The lowest BCUT2D eigenvalue weighted by atomic mass is 9.79. The maximum absolute atomic E-state index is 13.3. The van der Waals surface area contributed by atoms with E-state index >= 15 is 0 Å². The summed E-state index contributed by atoms with van der Waals surface area (Å²) in [7, 11) is 0. The standard InChI is InChI=1S/C17H25FN2/c1-14-11-19-17(8-3-2-4-9-17)13-20(14)12-15-6-5-7-16(18)10-15/h5-7,10,14,19H,2-4,8-9,11-13H2,1H3. The van der Waals surface area contributed by atoms with Crippen molar-refractivity contribution in [3.63, 3.8) is 0 Å². The lowest BCUT2D eigenvalue weighted by Gasteiger charge is -2.49. The molecule has 110 valence electrons. The first-order chi connectivity index (χ1) is 9.67. The molecule has 1 atom stereocenters. The Kier molecular flexibility index (Phi) is 4.08. The minimum absolute atomic E-state index is 0.127. The molecule has 2 fully saturated rings. The van der Waals surface area contributed by atoms with Gasteiger partial charge in [0.05, 0.1) is 0 Å². The summed E-state index contributed by atoms with van der Waals surface area (Å²) in [6.45, 7) is 5.28. The maximum Gasteiger partial charge on any atom is 0.123 e. The molecule has 20 heavy (non-hydrogen) atoms. The van der Waals surface area contributed by atoms with E-state index in [0.29, 0.717) is 11.6 Å². The molecule has 1 saturated carbocycles. The van der Waals surface area contributed by atoms with E-state index in [9.17, 15) is 4.39 Å². The first-order valence-electron chi connectivity index (χ1n) is 7.90. The van der Waals surface area contributed by atoms with Gasteiger partial charge in [0, 0.05) is 31.2 Å². The fraction of sp³-hybridized carbons (Fsp3) is 0.647. The Bertz CT molecular complexity index is 454. The summed E-state index contributed by atoms with van der Waals surface area (Å²) in [4.78, 5) is 2.52. The van der Waals surface area contributed by atoms with Crippen LogP contribution in [0.1, 0.15) is 44.6 Å². The highest BCUT2D eigenvalue weighted by Crippen LogP contribution is 2.32. The first-order valence-corrected chi connectivity index (χ1v) is 7.90. The van der Waals surface area contributed by atoms with E-state index in [2.05, 4.69) is 17.1 Å². The van der Waals surface area contributed by atoms with Gasteiger partial charge in [-0.05, 0) is 37.5 Å². The molecule has 1 aromatic carbocycles. The van der Waals surface area contributed by atoms with E-state index in [0.717, 1.165) is 25.2 Å². The maximum atomic E-state index is 13.3. The summed E-state index contributed by atoms with van der Waals surface area (Å²) >= 11 is 0. The Morgan fingerprint density at radius 1 is 1.30 bits per heavy atom. The molecule has 1 aliphatic carbocycles. The number of nitrogens with one attached hydrogen (secondary N) is 1. The first kappa shape index (κ1) is 14.0. The van der Waals surface area contributed by atoms with Crippen molar-refractivity contribution in [1.29, 1.82) is 0 Å². The van der Waals surface area contributed by atoms with E-state index in [1.54, 1.807) is 6.07 Å². The zero-order valence-corrected chi connectivity index (χ0v) is 12.4. The van der Waals surface area contributed by atoms with Gasteiger partial charge in [0.1, 0.15) is 5.82 Å². The van der Waals surface area contributed by atoms with Gasteiger partial charge in [0.25, 0.3) is 0 Å². The van der Waals surface area contributed by atoms with Crippen LogP contribution >= 0.6 is 0 Å². The Hall–Kier alpha value is -0.930. The molecular weight excluding hydrogens is 251 g/mol. The predicted octanol–water partition coefficient (Wildman–Crippen LogP) is 3.32. The molecule has 1 aliphatic heterocycles. The lowest BCUT2D eigenvalue weighted by molar-refractivity contribution is 0.0572.